The molecular formula is C18H20N4O2S. The van der Waals surface area contributed by atoms with E-state index in [1.807, 2.05) is 31.2 Å². The van der Waals surface area contributed by atoms with Gasteiger partial charge in [0.25, 0.3) is 5.91 Å². The lowest BCUT2D eigenvalue weighted by Gasteiger charge is -1.96. The number of hydrogen-bond acceptors (Lipinski definition) is 6. The predicted molar refractivity (Wildman–Crippen MR) is 97.8 cm³/mol. The summed E-state index contributed by atoms with van der Waals surface area (Å²) >= 11 is 1.39. The van der Waals surface area contributed by atoms with Gasteiger partial charge in [-0.2, -0.15) is 0 Å². The summed E-state index contributed by atoms with van der Waals surface area (Å²) < 4.78 is 5.16. The fourth-order valence-corrected chi connectivity index (χ4v) is 3.11. The molecule has 0 atom stereocenters. The van der Waals surface area contributed by atoms with Crippen molar-refractivity contribution < 1.29 is 9.32 Å². The average molecular weight is 356 g/mol. The number of aryl methyl sites for hydroxylation is 2. The highest BCUT2D eigenvalue weighted by atomic mass is 32.1. The van der Waals surface area contributed by atoms with Crippen LogP contribution in [0.15, 0.2) is 34.9 Å². The van der Waals surface area contributed by atoms with Gasteiger partial charge < -0.3 is 4.52 Å². The lowest BCUT2D eigenvalue weighted by atomic mass is 10.1. The highest BCUT2D eigenvalue weighted by Gasteiger charge is 2.16. The molecule has 0 saturated carbocycles. The van der Waals surface area contributed by atoms with Crippen LogP contribution < -0.4 is 5.32 Å². The number of unbranched alkanes of at least 4 members (excludes halogenated alkanes) is 2. The van der Waals surface area contributed by atoms with Gasteiger partial charge in [0.1, 0.15) is 10.7 Å². The summed E-state index contributed by atoms with van der Waals surface area (Å²) in [6.45, 7) is 4.18. The SMILES string of the molecule is CCCCCc1nnc(NC(=O)c2cc(-c3ccc(C)cc3)no2)s1. The van der Waals surface area contributed by atoms with Crippen LogP contribution >= 0.6 is 11.3 Å². The molecule has 1 N–H and O–H groups in total. The van der Waals surface area contributed by atoms with Gasteiger partial charge in [0, 0.05) is 18.1 Å². The number of nitrogens with zero attached hydrogens (tertiary/aromatic N) is 3. The average Bonchev–Trinajstić information content (AvgIpc) is 3.25. The molecule has 3 rings (SSSR count). The zero-order chi connectivity index (χ0) is 17.6. The molecule has 0 aliphatic carbocycles. The molecule has 2 heterocycles. The Labute approximate surface area is 150 Å². The first-order chi connectivity index (χ1) is 12.2. The molecule has 3 aromatic rings. The first kappa shape index (κ1) is 17.3. The van der Waals surface area contributed by atoms with Crippen LogP contribution in [0.1, 0.15) is 47.3 Å². The molecule has 25 heavy (non-hydrogen) atoms. The van der Waals surface area contributed by atoms with Gasteiger partial charge in [-0.25, -0.2) is 0 Å². The highest BCUT2D eigenvalue weighted by molar-refractivity contribution is 7.15. The highest BCUT2D eigenvalue weighted by Crippen LogP contribution is 2.22. The third-order valence-electron chi connectivity index (χ3n) is 3.76. The molecule has 1 amide bonds. The van der Waals surface area contributed by atoms with E-state index >= 15 is 0 Å². The van der Waals surface area contributed by atoms with Crippen molar-refractivity contribution in [1.29, 1.82) is 0 Å². The van der Waals surface area contributed by atoms with E-state index in [1.165, 1.54) is 17.8 Å². The van der Waals surface area contributed by atoms with Crippen molar-refractivity contribution in [3.8, 4) is 11.3 Å². The lowest BCUT2D eigenvalue weighted by molar-refractivity contribution is 0.0988. The van der Waals surface area contributed by atoms with E-state index in [4.69, 9.17) is 4.52 Å². The van der Waals surface area contributed by atoms with Gasteiger partial charge in [-0.1, -0.05) is 66.1 Å². The minimum absolute atomic E-state index is 0.151. The molecular weight excluding hydrogens is 336 g/mol. The minimum Gasteiger partial charge on any atom is -0.350 e. The predicted octanol–water partition coefficient (Wildman–Crippen LogP) is 4.49. The molecule has 0 fully saturated rings. The van der Waals surface area contributed by atoms with E-state index in [0.29, 0.717) is 10.8 Å². The molecule has 2 aromatic heterocycles. The molecule has 0 bridgehead atoms. The third-order valence-corrected chi connectivity index (χ3v) is 4.66. The van der Waals surface area contributed by atoms with Crippen LogP contribution in [-0.4, -0.2) is 21.3 Å². The van der Waals surface area contributed by atoms with Crippen molar-refractivity contribution in [2.75, 3.05) is 5.32 Å². The van der Waals surface area contributed by atoms with E-state index in [2.05, 4.69) is 27.6 Å². The van der Waals surface area contributed by atoms with E-state index in [9.17, 15) is 4.79 Å². The van der Waals surface area contributed by atoms with E-state index in [1.54, 1.807) is 6.07 Å². The van der Waals surface area contributed by atoms with Crippen molar-refractivity contribution in [2.45, 2.75) is 39.5 Å². The first-order valence-electron chi connectivity index (χ1n) is 8.33. The Morgan fingerprint density at radius 2 is 2.00 bits per heavy atom. The van der Waals surface area contributed by atoms with Gasteiger partial charge in [-0.15, -0.1) is 10.2 Å². The molecule has 130 valence electrons. The van der Waals surface area contributed by atoms with Gasteiger partial charge >= 0.3 is 0 Å². The van der Waals surface area contributed by atoms with Gasteiger partial charge in [0.05, 0.1) is 0 Å². The van der Waals surface area contributed by atoms with E-state index in [0.717, 1.165) is 35.4 Å². The smallest absolute Gasteiger partial charge is 0.296 e. The second kappa shape index (κ2) is 8.02. The standard InChI is InChI=1S/C18H20N4O2S/c1-3-4-5-6-16-20-21-18(25-16)19-17(23)15-11-14(22-24-15)13-9-7-12(2)8-10-13/h7-11H,3-6H2,1-2H3,(H,19,21,23). The molecule has 0 saturated heterocycles. The van der Waals surface area contributed by atoms with E-state index in [-0.39, 0.29) is 11.7 Å². The van der Waals surface area contributed by atoms with Crippen molar-refractivity contribution in [3.63, 3.8) is 0 Å². The molecule has 0 unspecified atom stereocenters. The van der Waals surface area contributed by atoms with Crippen LogP contribution in [-0.2, 0) is 6.42 Å². The fraction of sp³-hybridized carbons (Fsp3) is 0.333. The van der Waals surface area contributed by atoms with Crippen molar-refractivity contribution in [3.05, 3.63) is 46.7 Å². The minimum atomic E-state index is -0.373. The normalized spacial score (nSPS) is 10.8. The number of aromatic nitrogens is 3. The van der Waals surface area contributed by atoms with Gasteiger partial charge in [-0.05, 0) is 13.3 Å². The molecule has 0 aliphatic heterocycles. The Hall–Kier alpha value is -2.54. The van der Waals surface area contributed by atoms with Crippen molar-refractivity contribution >= 4 is 22.4 Å². The lowest BCUT2D eigenvalue weighted by Crippen LogP contribution is -2.10. The monoisotopic (exact) mass is 356 g/mol. The number of hydrogen-bond donors (Lipinski definition) is 1. The summed E-state index contributed by atoms with van der Waals surface area (Å²) in [6.07, 6.45) is 4.31. The number of carbonyl (C=O) groups excluding carboxylic acids is 1. The Morgan fingerprint density at radius 1 is 1.20 bits per heavy atom. The molecule has 7 heteroatoms. The van der Waals surface area contributed by atoms with Gasteiger partial charge in [-0.3, -0.25) is 10.1 Å². The molecule has 0 spiro atoms. The summed E-state index contributed by atoms with van der Waals surface area (Å²) in [4.78, 5) is 12.3. The van der Waals surface area contributed by atoms with Crippen molar-refractivity contribution in [2.24, 2.45) is 0 Å². The van der Waals surface area contributed by atoms with Crippen LogP contribution in [0.25, 0.3) is 11.3 Å². The number of carbonyl (C=O) groups is 1. The van der Waals surface area contributed by atoms with Crippen LogP contribution in [0.4, 0.5) is 5.13 Å². The van der Waals surface area contributed by atoms with Crippen LogP contribution in [0.3, 0.4) is 0 Å². The maximum Gasteiger partial charge on any atom is 0.296 e. The number of nitrogens with one attached hydrogen (secondary N) is 1. The van der Waals surface area contributed by atoms with Crippen LogP contribution in [0, 0.1) is 6.92 Å². The number of anilines is 1. The number of rotatable bonds is 7. The second-order valence-corrected chi connectivity index (χ2v) is 6.92. The Bertz CT molecular complexity index is 839. The van der Waals surface area contributed by atoms with E-state index < -0.39 is 0 Å². The summed E-state index contributed by atoms with van der Waals surface area (Å²) in [5, 5.41) is 16.2. The van der Waals surface area contributed by atoms with Gasteiger partial charge in [0.15, 0.2) is 0 Å². The summed E-state index contributed by atoms with van der Waals surface area (Å²) in [6, 6.07) is 9.50. The van der Waals surface area contributed by atoms with Gasteiger partial charge in [0.2, 0.25) is 10.9 Å². The zero-order valence-electron chi connectivity index (χ0n) is 14.3. The Balaban J connectivity index is 1.63. The summed E-state index contributed by atoms with van der Waals surface area (Å²) in [7, 11) is 0. The number of benzene rings is 1. The topological polar surface area (TPSA) is 80.9 Å². The first-order valence-corrected chi connectivity index (χ1v) is 9.15. The largest absolute Gasteiger partial charge is 0.350 e. The summed E-state index contributed by atoms with van der Waals surface area (Å²) in [5.74, 6) is -0.222. The quantitative estimate of drug-likeness (QED) is 0.631. The van der Waals surface area contributed by atoms with Crippen LogP contribution in [0.5, 0.6) is 0 Å². The maximum atomic E-state index is 12.3. The zero-order valence-corrected chi connectivity index (χ0v) is 15.1. The van der Waals surface area contributed by atoms with Crippen molar-refractivity contribution in [1.82, 2.24) is 15.4 Å². The number of amides is 1. The Morgan fingerprint density at radius 3 is 2.76 bits per heavy atom. The third kappa shape index (κ3) is 4.51. The van der Waals surface area contributed by atoms with Crippen LogP contribution in [0.2, 0.25) is 0 Å². The molecule has 0 radical (unpaired) electrons. The Kier molecular flexibility index (Phi) is 5.55. The molecule has 6 nitrogen and oxygen atoms in total. The second-order valence-electron chi connectivity index (χ2n) is 5.85. The maximum absolute atomic E-state index is 12.3. The molecule has 0 aliphatic rings. The fourth-order valence-electron chi connectivity index (χ4n) is 2.33. The molecule has 1 aromatic carbocycles. The summed E-state index contributed by atoms with van der Waals surface area (Å²) in [5.41, 5.74) is 2.70.